The van der Waals surface area contributed by atoms with Gasteiger partial charge in [0.1, 0.15) is 0 Å². The predicted molar refractivity (Wildman–Crippen MR) is 57.2 cm³/mol. The maximum absolute atomic E-state index is 5.43. The van der Waals surface area contributed by atoms with Crippen molar-refractivity contribution < 1.29 is 18.9 Å². The lowest BCUT2D eigenvalue weighted by atomic mass is 10.4. The van der Waals surface area contributed by atoms with Gasteiger partial charge in [0.15, 0.2) is 0 Å². The first kappa shape index (κ1) is 14.8. The van der Waals surface area contributed by atoms with Crippen LogP contribution < -0.4 is 5.32 Å². The molecule has 0 amide bonds. The van der Waals surface area contributed by atoms with Gasteiger partial charge in [-0.25, -0.2) is 5.32 Å². The molecule has 2 unspecified atom stereocenters. The molecule has 0 aromatic heterocycles. The molecule has 0 aromatic carbocycles. The van der Waals surface area contributed by atoms with Crippen LogP contribution in [0.25, 0.3) is 0 Å². The second-order valence-corrected chi connectivity index (χ2v) is 3.29. The Labute approximate surface area is 92.0 Å². The summed E-state index contributed by atoms with van der Waals surface area (Å²) in [6.07, 6.45) is 0. The van der Waals surface area contributed by atoms with Gasteiger partial charge in [0, 0.05) is 41.3 Å². The first-order chi connectivity index (χ1) is 6.95. The van der Waals surface area contributed by atoms with E-state index >= 15 is 0 Å². The number of rotatable bonds is 8. The van der Waals surface area contributed by atoms with Gasteiger partial charge in [-0.05, 0) is 13.8 Å². The molecule has 0 saturated heterocycles. The van der Waals surface area contributed by atoms with E-state index in [1.54, 1.807) is 28.1 Å². The maximum atomic E-state index is 5.43. The summed E-state index contributed by atoms with van der Waals surface area (Å²) in [7, 11) is 3.12. The average Bonchev–Trinajstić information content (AvgIpc) is 2.18. The van der Waals surface area contributed by atoms with Crippen molar-refractivity contribution in [2.45, 2.75) is 39.5 Å². The molecule has 0 radical (unpaired) electrons. The Bertz CT molecular complexity index is 161. The van der Waals surface area contributed by atoms with Crippen LogP contribution >= 0.6 is 0 Å². The van der Waals surface area contributed by atoms with Crippen LogP contribution in [-0.2, 0) is 18.9 Å². The molecule has 0 rings (SSSR count). The van der Waals surface area contributed by atoms with Gasteiger partial charge in [-0.1, -0.05) is 0 Å². The van der Waals surface area contributed by atoms with Crippen molar-refractivity contribution >= 4 is 0 Å². The Morgan fingerprint density at radius 2 is 1.20 bits per heavy atom. The zero-order valence-electron chi connectivity index (χ0n) is 10.5. The van der Waals surface area contributed by atoms with E-state index in [0.717, 1.165) is 0 Å². The smallest absolute Gasteiger partial charge is 0.228 e. The molecule has 0 bridgehead atoms. The summed E-state index contributed by atoms with van der Waals surface area (Å²) in [6, 6.07) is 0. The molecular formula is C10H23NO4. The van der Waals surface area contributed by atoms with Crippen LogP contribution in [-0.4, -0.2) is 39.3 Å². The zero-order chi connectivity index (χ0) is 11.9. The second kappa shape index (κ2) is 6.40. The second-order valence-electron chi connectivity index (χ2n) is 3.29. The lowest BCUT2D eigenvalue weighted by Crippen LogP contribution is -2.59. The molecule has 2 atom stereocenters. The van der Waals surface area contributed by atoms with Crippen molar-refractivity contribution in [1.82, 2.24) is 5.32 Å². The summed E-state index contributed by atoms with van der Waals surface area (Å²) < 4.78 is 21.3. The summed E-state index contributed by atoms with van der Waals surface area (Å²) in [6.45, 7) is 8.39. The highest BCUT2D eigenvalue weighted by Crippen LogP contribution is 2.16. The van der Waals surface area contributed by atoms with Crippen LogP contribution in [0.4, 0.5) is 0 Å². The van der Waals surface area contributed by atoms with E-state index in [0.29, 0.717) is 13.2 Å². The monoisotopic (exact) mass is 221 g/mol. The number of hydrogen-bond acceptors (Lipinski definition) is 5. The average molecular weight is 221 g/mol. The van der Waals surface area contributed by atoms with Gasteiger partial charge in [0.05, 0.1) is 0 Å². The Balaban J connectivity index is 4.47. The summed E-state index contributed by atoms with van der Waals surface area (Å²) in [5.74, 6) is -1.84. The third kappa shape index (κ3) is 4.90. The van der Waals surface area contributed by atoms with E-state index in [9.17, 15) is 0 Å². The van der Waals surface area contributed by atoms with Crippen LogP contribution in [0.2, 0.25) is 0 Å². The van der Waals surface area contributed by atoms with E-state index in [4.69, 9.17) is 18.9 Å². The molecule has 15 heavy (non-hydrogen) atoms. The molecule has 5 heteroatoms. The first-order valence-electron chi connectivity index (χ1n) is 5.12. The van der Waals surface area contributed by atoms with E-state index < -0.39 is 11.8 Å². The third-order valence-electron chi connectivity index (χ3n) is 2.07. The molecule has 0 fully saturated rings. The summed E-state index contributed by atoms with van der Waals surface area (Å²) in [4.78, 5) is 0. The molecule has 0 aliphatic heterocycles. The van der Waals surface area contributed by atoms with E-state index in [-0.39, 0.29) is 0 Å². The number of hydrogen-bond donors (Lipinski definition) is 1. The predicted octanol–water partition coefficient (Wildman–Crippen LogP) is 1.29. The standard InChI is InChI=1S/C10H23NO4/c1-7-14-9(3,12-5)11-10(4,13-6)15-8-2/h11H,7-8H2,1-6H3. The highest BCUT2D eigenvalue weighted by Gasteiger charge is 2.35. The van der Waals surface area contributed by atoms with Crippen LogP contribution in [0.5, 0.6) is 0 Å². The Morgan fingerprint density at radius 3 is 1.40 bits per heavy atom. The molecular weight excluding hydrogens is 198 g/mol. The molecule has 0 aliphatic carbocycles. The van der Waals surface area contributed by atoms with Gasteiger partial charge in [0.25, 0.3) is 0 Å². The number of nitrogens with one attached hydrogen (secondary N) is 1. The topological polar surface area (TPSA) is 49.0 Å². The van der Waals surface area contributed by atoms with E-state index in [2.05, 4.69) is 5.32 Å². The zero-order valence-corrected chi connectivity index (χ0v) is 10.5. The van der Waals surface area contributed by atoms with Crippen molar-refractivity contribution in [3.63, 3.8) is 0 Å². The third-order valence-corrected chi connectivity index (χ3v) is 2.07. The molecule has 0 heterocycles. The van der Waals surface area contributed by atoms with Crippen LogP contribution in [0, 0.1) is 0 Å². The van der Waals surface area contributed by atoms with Crippen molar-refractivity contribution in [2.24, 2.45) is 0 Å². The lowest BCUT2D eigenvalue weighted by Gasteiger charge is -2.38. The van der Waals surface area contributed by atoms with Crippen molar-refractivity contribution in [3.05, 3.63) is 0 Å². The quantitative estimate of drug-likeness (QED) is 0.626. The minimum absolute atomic E-state index is 0.531. The van der Waals surface area contributed by atoms with Gasteiger partial charge in [-0.15, -0.1) is 0 Å². The highest BCUT2D eigenvalue weighted by molar-refractivity contribution is 4.67. The van der Waals surface area contributed by atoms with Crippen molar-refractivity contribution in [1.29, 1.82) is 0 Å². The Morgan fingerprint density at radius 1 is 0.867 bits per heavy atom. The Kier molecular flexibility index (Phi) is 6.31. The van der Waals surface area contributed by atoms with Crippen LogP contribution in [0.15, 0.2) is 0 Å². The van der Waals surface area contributed by atoms with Crippen LogP contribution in [0.1, 0.15) is 27.7 Å². The molecule has 92 valence electrons. The van der Waals surface area contributed by atoms with Gasteiger partial charge < -0.3 is 18.9 Å². The first-order valence-corrected chi connectivity index (χ1v) is 5.12. The number of ether oxygens (including phenoxy) is 4. The molecule has 0 saturated carbocycles. The fourth-order valence-electron chi connectivity index (χ4n) is 1.26. The van der Waals surface area contributed by atoms with Gasteiger partial charge >= 0.3 is 0 Å². The fraction of sp³-hybridized carbons (Fsp3) is 1.00. The Hall–Kier alpha value is -0.200. The molecule has 0 spiro atoms. The highest BCUT2D eigenvalue weighted by atomic mass is 16.7. The molecule has 5 nitrogen and oxygen atoms in total. The summed E-state index contributed by atoms with van der Waals surface area (Å²) in [5.41, 5.74) is 0. The van der Waals surface area contributed by atoms with Gasteiger partial charge in [-0.3, -0.25) is 0 Å². The minimum Gasteiger partial charge on any atom is -0.341 e. The SMILES string of the molecule is CCOC(C)(NC(C)(OC)OCC)OC. The lowest BCUT2D eigenvalue weighted by molar-refractivity contribution is -0.317. The van der Waals surface area contributed by atoms with Gasteiger partial charge in [-0.2, -0.15) is 0 Å². The van der Waals surface area contributed by atoms with E-state index in [1.165, 1.54) is 0 Å². The molecule has 0 aliphatic rings. The van der Waals surface area contributed by atoms with E-state index in [1.807, 2.05) is 13.8 Å². The van der Waals surface area contributed by atoms with Crippen LogP contribution in [0.3, 0.4) is 0 Å². The summed E-state index contributed by atoms with van der Waals surface area (Å²) >= 11 is 0. The van der Waals surface area contributed by atoms with Crippen molar-refractivity contribution in [2.75, 3.05) is 27.4 Å². The summed E-state index contributed by atoms with van der Waals surface area (Å²) in [5, 5.41) is 3.02. The number of methoxy groups -OCH3 is 2. The van der Waals surface area contributed by atoms with Crippen molar-refractivity contribution in [3.8, 4) is 0 Å². The fourth-order valence-corrected chi connectivity index (χ4v) is 1.26. The molecule has 1 N–H and O–H groups in total. The molecule has 0 aromatic rings. The minimum atomic E-state index is -0.922. The normalized spacial score (nSPS) is 19.6. The van der Waals surface area contributed by atoms with Gasteiger partial charge in [0.2, 0.25) is 11.8 Å². The maximum Gasteiger partial charge on any atom is 0.228 e. The largest absolute Gasteiger partial charge is 0.341 e.